The Kier molecular flexibility index (Phi) is 12.5. The predicted molar refractivity (Wildman–Crippen MR) is 144 cm³/mol. The van der Waals surface area contributed by atoms with Gasteiger partial charge in [-0.05, 0) is 67.2 Å². The van der Waals surface area contributed by atoms with Gasteiger partial charge < -0.3 is 26.8 Å². The zero-order chi connectivity index (χ0) is 26.6. The van der Waals surface area contributed by atoms with Crippen LogP contribution in [0, 0.1) is 19.4 Å². The molecule has 2 N–H and O–H groups in total. The van der Waals surface area contributed by atoms with E-state index in [1.54, 1.807) is 18.2 Å². The maximum Gasteiger partial charge on any atom is 2.00 e. The number of halogens is 1. The topological polar surface area (TPSA) is 121 Å². The van der Waals surface area contributed by atoms with Gasteiger partial charge in [0.1, 0.15) is 0 Å². The fourth-order valence-electron chi connectivity index (χ4n) is 4.93. The molecule has 8 nitrogen and oxygen atoms in total. The Bertz CT molecular complexity index is 1250. The van der Waals surface area contributed by atoms with E-state index in [0.29, 0.717) is 39.6 Å². The number of benzene rings is 2. The van der Waals surface area contributed by atoms with Crippen molar-refractivity contribution in [3.63, 3.8) is 0 Å². The Morgan fingerprint density at radius 3 is 2.28 bits per heavy atom. The second-order valence-corrected chi connectivity index (χ2v) is 11.7. The minimum absolute atomic E-state index is 0. The Hall–Kier alpha value is -1.92. The van der Waals surface area contributed by atoms with Crippen LogP contribution in [0.4, 0.5) is 0 Å². The molecule has 2 aliphatic rings. The zero-order valence-corrected chi connectivity index (χ0v) is 25.2. The molecular formula is C28H31ClMoNO7P. The number of nitrogens with zero attached hydrogens (tertiary/aromatic N) is 1. The summed E-state index contributed by atoms with van der Waals surface area (Å²) in [7, 11) is -4.16. The van der Waals surface area contributed by atoms with Crippen LogP contribution in [0.3, 0.4) is 0 Å². The fourth-order valence-corrected chi connectivity index (χ4v) is 5.61. The average Bonchev–Trinajstić information content (AvgIpc) is 2.88. The van der Waals surface area contributed by atoms with Gasteiger partial charge in [0.2, 0.25) is 6.41 Å². The Morgan fingerprint density at radius 1 is 1.03 bits per heavy atom. The van der Waals surface area contributed by atoms with Crippen LogP contribution in [0.5, 0.6) is 0 Å². The number of carbonyl (C=O) groups excluding carboxylic acids is 3. The second-order valence-electron chi connectivity index (χ2n) is 9.44. The van der Waals surface area contributed by atoms with Gasteiger partial charge in [0.05, 0.1) is 24.3 Å². The molecule has 39 heavy (non-hydrogen) atoms. The van der Waals surface area contributed by atoms with E-state index in [4.69, 9.17) is 26.2 Å². The van der Waals surface area contributed by atoms with Gasteiger partial charge >= 0.3 is 28.7 Å². The summed E-state index contributed by atoms with van der Waals surface area (Å²) in [6, 6.07) is 12.7. The van der Waals surface area contributed by atoms with Crippen molar-refractivity contribution < 1.29 is 54.6 Å². The van der Waals surface area contributed by atoms with Crippen molar-refractivity contribution in [2.45, 2.75) is 44.6 Å². The number of Topliss-reactive ketones (excluding diaryl/α,β-unsaturated/α-hetero) is 2. The molecule has 4 rings (SSSR count). The van der Waals surface area contributed by atoms with E-state index in [2.05, 4.69) is 6.08 Å². The molecular weight excluding hydrogens is 625 g/mol. The van der Waals surface area contributed by atoms with Crippen LogP contribution < -0.4 is 0 Å². The molecule has 0 aliphatic heterocycles. The quantitative estimate of drug-likeness (QED) is 0.117. The third-order valence-corrected chi connectivity index (χ3v) is 8.04. The normalized spacial score (nSPS) is 18.8. The van der Waals surface area contributed by atoms with E-state index >= 15 is 0 Å². The molecule has 2 aliphatic carbocycles. The smallest absolute Gasteiger partial charge is 0.366 e. The van der Waals surface area contributed by atoms with Crippen LogP contribution in [0.25, 0.3) is 0 Å². The van der Waals surface area contributed by atoms with Gasteiger partial charge in [-0.3, -0.25) is 14.2 Å². The molecule has 208 valence electrons. The number of carbonyl (C=O) groups is 3. The van der Waals surface area contributed by atoms with Gasteiger partial charge in [-0.2, -0.15) is 0 Å². The van der Waals surface area contributed by atoms with E-state index in [1.807, 2.05) is 24.3 Å². The van der Waals surface area contributed by atoms with Crippen LogP contribution >= 0.6 is 19.2 Å². The average molecular weight is 656 g/mol. The summed E-state index contributed by atoms with van der Waals surface area (Å²) in [5.74, 6) is -0.168. The SMILES string of the molecule is O=CN(CCCP(=O)(O)O)OCc1ccc2c(c1)C(=O)C(C1CCC(c3ccc(Cl)cc3)CC1)=[C-]C2=O.[CH3-].[Mo+2]. The number of amides is 1. The first-order chi connectivity index (χ1) is 17.6. The minimum Gasteiger partial charge on any atom is -0.366 e. The Balaban J connectivity index is 0.00000267. The summed E-state index contributed by atoms with van der Waals surface area (Å²) < 4.78 is 11.0. The van der Waals surface area contributed by atoms with Gasteiger partial charge in [-0.25, -0.2) is 5.06 Å². The molecule has 0 atom stereocenters. The molecule has 2 aromatic carbocycles. The molecule has 0 aromatic heterocycles. The molecule has 1 fully saturated rings. The van der Waals surface area contributed by atoms with E-state index in [0.717, 1.165) is 30.7 Å². The summed E-state index contributed by atoms with van der Waals surface area (Å²) in [5, 5.41) is 1.66. The van der Waals surface area contributed by atoms with Crippen LogP contribution in [-0.2, 0) is 41.9 Å². The number of rotatable bonds is 10. The number of ketones is 2. The van der Waals surface area contributed by atoms with Gasteiger partial charge in [0, 0.05) is 11.6 Å². The molecule has 0 spiro atoms. The predicted octanol–water partition coefficient (Wildman–Crippen LogP) is 5.33. The number of hydrogen-bond donors (Lipinski definition) is 2. The van der Waals surface area contributed by atoms with Gasteiger partial charge in [-0.15, -0.1) is 17.7 Å². The summed E-state index contributed by atoms with van der Waals surface area (Å²) >= 11 is 6.00. The largest absolute Gasteiger partial charge is 2.00 e. The van der Waals surface area contributed by atoms with Crippen molar-refractivity contribution in [1.82, 2.24) is 5.06 Å². The third-order valence-electron chi connectivity index (χ3n) is 6.89. The maximum atomic E-state index is 13.4. The monoisotopic (exact) mass is 657 g/mol. The van der Waals surface area contributed by atoms with Crippen molar-refractivity contribution in [2.75, 3.05) is 12.7 Å². The molecule has 1 amide bonds. The number of allylic oxidation sites excluding steroid dienone is 2. The van der Waals surface area contributed by atoms with Crippen molar-refractivity contribution >= 4 is 37.2 Å². The molecule has 0 heterocycles. The molecule has 0 saturated heterocycles. The van der Waals surface area contributed by atoms with Crippen LogP contribution in [-0.4, -0.2) is 45.5 Å². The summed E-state index contributed by atoms with van der Waals surface area (Å²) in [6.07, 6.45) is 6.37. The van der Waals surface area contributed by atoms with Gasteiger partial charge in [-0.1, -0.05) is 47.0 Å². The fraction of sp³-hybridized carbons (Fsp3) is 0.357. The van der Waals surface area contributed by atoms with Gasteiger partial charge in [0.15, 0.2) is 0 Å². The number of fused-ring (bicyclic) bond motifs is 1. The summed E-state index contributed by atoms with van der Waals surface area (Å²) in [4.78, 5) is 60.7. The van der Waals surface area contributed by atoms with Crippen molar-refractivity contribution in [3.05, 3.63) is 88.8 Å². The number of hydroxylamine groups is 2. The molecule has 0 bridgehead atoms. The van der Waals surface area contributed by atoms with Crippen LogP contribution in [0.2, 0.25) is 5.02 Å². The van der Waals surface area contributed by atoms with E-state index in [9.17, 15) is 18.9 Å². The van der Waals surface area contributed by atoms with E-state index < -0.39 is 7.60 Å². The molecule has 0 unspecified atom stereocenters. The molecule has 2 aromatic rings. The second kappa shape index (κ2) is 14.6. The third kappa shape index (κ3) is 8.78. The van der Waals surface area contributed by atoms with Crippen LogP contribution in [0.15, 0.2) is 48.0 Å². The van der Waals surface area contributed by atoms with Gasteiger partial charge in [0.25, 0.3) is 0 Å². The molecule has 0 radical (unpaired) electrons. The van der Waals surface area contributed by atoms with Crippen molar-refractivity contribution in [3.8, 4) is 0 Å². The summed E-state index contributed by atoms with van der Waals surface area (Å²) in [5.41, 5.74) is 2.85. The minimum atomic E-state index is -4.16. The van der Waals surface area contributed by atoms with E-state index in [1.165, 1.54) is 5.56 Å². The van der Waals surface area contributed by atoms with Crippen molar-refractivity contribution in [2.24, 2.45) is 5.92 Å². The standard InChI is InChI=1S/C27H28ClNO7P.CH3.Mo/c28-22-9-7-20(8-10-22)19-3-5-21(6-4-19)24-15-26(31)23-11-2-18(14-25(23)27(24)32)16-36-29(17-30)12-1-13-37(33,34)35;;/h2,7-11,14,17,19,21H,1,3-6,12-13,16H2,(H2,33,34,35);1H3;/q2*-1;+2. The zero-order valence-electron chi connectivity index (χ0n) is 21.5. The summed E-state index contributed by atoms with van der Waals surface area (Å²) in [6.45, 7) is -0.0319. The van der Waals surface area contributed by atoms with Crippen LogP contribution in [0.1, 0.15) is 69.9 Å². The first kappa shape index (κ1) is 33.3. The first-order valence-electron chi connectivity index (χ1n) is 12.2. The Morgan fingerprint density at radius 2 is 1.67 bits per heavy atom. The molecule has 11 heteroatoms. The maximum absolute atomic E-state index is 13.4. The van der Waals surface area contributed by atoms with E-state index in [-0.39, 0.29) is 71.7 Å². The molecule has 1 saturated carbocycles. The Labute approximate surface area is 248 Å². The van der Waals surface area contributed by atoms with Crippen molar-refractivity contribution in [1.29, 1.82) is 0 Å². The number of hydrogen-bond acceptors (Lipinski definition) is 5. The first-order valence-corrected chi connectivity index (χ1v) is 14.3.